The first kappa shape index (κ1) is 24.0. The lowest BCUT2D eigenvalue weighted by molar-refractivity contribution is 0.0919. The van der Waals surface area contributed by atoms with E-state index in [9.17, 15) is 18.0 Å². The summed E-state index contributed by atoms with van der Waals surface area (Å²) in [4.78, 5) is 24.9. The van der Waals surface area contributed by atoms with Crippen LogP contribution in [0.3, 0.4) is 0 Å². The van der Waals surface area contributed by atoms with Crippen LogP contribution in [0.5, 0.6) is 0 Å². The zero-order valence-corrected chi connectivity index (χ0v) is 19.8. The van der Waals surface area contributed by atoms with Gasteiger partial charge in [0.05, 0.1) is 10.6 Å². The molecule has 3 aromatic rings. The Hall–Kier alpha value is -3.65. The van der Waals surface area contributed by atoms with E-state index in [0.717, 1.165) is 0 Å². The number of hydrogen-bond donors (Lipinski definition) is 2. The molecule has 0 bridgehead atoms. The monoisotopic (exact) mass is 465 g/mol. The van der Waals surface area contributed by atoms with Crippen LogP contribution >= 0.6 is 0 Å². The standard InChI is InChI=1S/C25H27N3O4S/c1-25(2,3)27-24(30)19-10-14-20(15-11-19)26-23(29)18-12-16-22(17-13-18)33(31,32)28(4)21-8-6-5-7-9-21/h5-17H,1-4H3,(H,26,29)(H,27,30). The summed E-state index contributed by atoms with van der Waals surface area (Å²) in [5.41, 5.74) is 1.51. The zero-order chi connectivity index (χ0) is 24.2. The van der Waals surface area contributed by atoms with Crippen molar-refractivity contribution in [1.82, 2.24) is 5.32 Å². The van der Waals surface area contributed by atoms with E-state index in [1.54, 1.807) is 48.5 Å². The van der Waals surface area contributed by atoms with Crippen LogP contribution in [0, 0.1) is 0 Å². The number of nitrogens with zero attached hydrogens (tertiary/aromatic N) is 1. The van der Waals surface area contributed by atoms with Crippen LogP contribution in [-0.4, -0.2) is 32.8 Å². The van der Waals surface area contributed by atoms with Gasteiger partial charge in [-0.05, 0) is 81.4 Å². The second-order valence-electron chi connectivity index (χ2n) is 8.57. The molecule has 0 atom stereocenters. The molecule has 0 aliphatic heterocycles. The molecular weight excluding hydrogens is 438 g/mol. The molecule has 0 heterocycles. The molecule has 0 spiro atoms. The van der Waals surface area contributed by atoms with E-state index >= 15 is 0 Å². The summed E-state index contributed by atoms with van der Waals surface area (Å²) < 4.78 is 26.9. The molecule has 33 heavy (non-hydrogen) atoms. The number of amides is 2. The van der Waals surface area contributed by atoms with Crippen LogP contribution in [0.1, 0.15) is 41.5 Å². The fourth-order valence-corrected chi connectivity index (χ4v) is 4.23. The van der Waals surface area contributed by atoms with E-state index in [1.165, 1.54) is 35.6 Å². The maximum Gasteiger partial charge on any atom is 0.264 e. The lowest BCUT2D eigenvalue weighted by Gasteiger charge is -2.20. The number of hydrogen-bond acceptors (Lipinski definition) is 4. The molecular formula is C25H27N3O4S. The summed E-state index contributed by atoms with van der Waals surface area (Å²) in [5, 5.41) is 5.63. The van der Waals surface area contributed by atoms with Crippen molar-refractivity contribution >= 4 is 33.2 Å². The molecule has 0 radical (unpaired) electrons. The lowest BCUT2D eigenvalue weighted by atomic mass is 10.1. The van der Waals surface area contributed by atoms with Gasteiger partial charge in [-0.25, -0.2) is 8.42 Å². The summed E-state index contributed by atoms with van der Waals surface area (Å²) in [5.74, 6) is -0.583. The van der Waals surface area contributed by atoms with Crippen LogP contribution < -0.4 is 14.9 Å². The fourth-order valence-electron chi connectivity index (χ4n) is 3.03. The Kier molecular flexibility index (Phi) is 6.88. The first-order chi connectivity index (χ1) is 15.5. The van der Waals surface area contributed by atoms with Crippen LogP contribution in [-0.2, 0) is 10.0 Å². The molecule has 0 saturated carbocycles. The van der Waals surface area contributed by atoms with Gasteiger partial charge in [0.1, 0.15) is 0 Å². The predicted molar refractivity (Wildman–Crippen MR) is 130 cm³/mol. The predicted octanol–water partition coefficient (Wildman–Crippen LogP) is 4.29. The van der Waals surface area contributed by atoms with Crippen molar-refractivity contribution < 1.29 is 18.0 Å². The quantitative estimate of drug-likeness (QED) is 0.568. The first-order valence-corrected chi connectivity index (χ1v) is 11.8. The molecule has 0 saturated heterocycles. The van der Waals surface area contributed by atoms with Gasteiger partial charge in [0.25, 0.3) is 21.8 Å². The Morgan fingerprint density at radius 3 is 1.82 bits per heavy atom. The number of nitrogens with one attached hydrogen (secondary N) is 2. The number of carbonyl (C=O) groups excluding carboxylic acids is 2. The summed E-state index contributed by atoms with van der Waals surface area (Å²) in [7, 11) is -2.27. The topological polar surface area (TPSA) is 95.6 Å². The molecule has 7 nitrogen and oxygen atoms in total. The molecule has 2 amide bonds. The maximum atomic E-state index is 12.9. The molecule has 8 heteroatoms. The SMILES string of the molecule is CN(c1ccccc1)S(=O)(=O)c1ccc(C(=O)Nc2ccc(C(=O)NC(C)(C)C)cc2)cc1. The first-order valence-electron chi connectivity index (χ1n) is 10.4. The molecule has 0 aliphatic carbocycles. The zero-order valence-electron chi connectivity index (χ0n) is 19.0. The number of anilines is 2. The number of carbonyl (C=O) groups is 2. The Morgan fingerprint density at radius 2 is 1.27 bits per heavy atom. The Labute approximate surface area is 194 Å². The van der Waals surface area contributed by atoms with Crippen LogP contribution in [0.2, 0.25) is 0 Å². The largest absolute Gasteiger partial charge is 0.347 e. The van der Waals surface area contributed by atoms with E-state index in [-0.39, 0.29) is 22.2 Å². The van der Waals surface area contributed by atoms with Crippen molar-refractivity contribution in [2.45, 2.75) is 31.2 Å². The van der Waals surface area contributed by atoms with Gasteiger partial charge in [-0.15, -0.1) is 0 Å². The summed E-state index contributed by atoms with van der Waals surface area (Å²) in [6, 6.07) is 21.0. The molecule has 3 aromatic carbocycles. The Morgan fingerprint density at radius 1 is 0.758 bits per heavy atom. The van der Waals surface area contributed by atoms with Crippen LogP contribution in [0.25, 0.3) is 0 Å². The van der Waals surface area contributed by atoms with Gasteiger partial charge in [-0.3, -0.25) is 13.9 Å². The highest BCUT2D eigenvalue weighted by atomic mass is 32.2. The lowest BCUT2D eigenvalue weighted by Crippen LogP contribution is -2.40. The highest BCUT2D eigenvalue weighted by Gasteiger charge is 2.21. The third-order valence-electron chi connectivity index (χ3n) is 4.79. The Balaban J connectivity index is 1.69. The minimum Gasteiger partial charge on any atom is -0.347 e. The van der Waals surface area contributed by atoms with Crippen molar-refractivity contribution in [3.8, 4) is 0 Å². The van der Waals surface area contributed by atoms with Gasteiger partial charge in [-0.1, -0.05) is 18.2 Å². The number of sulfonamides is 1. The second-order valence-corrected chi connectivity index (χ2v) is 10.5. The van der Waals surface area contributed by atoms with Gasteiger partial charge in [0.2, 0.25) is 0 Å². The summed E-state index contributed by atoms with van der Waals surface area (Å²) in [6.45, 7) is 5.70. The molecule has 172 valence electrons. The average molecular weight is 466 g/mol. The van der Waals surface area contributed by atoms with Gasteiger partial charge < -0.3 is 10.6 Å². The third-order valence-corrected chi connectivity index (χ3v) is 6.59. The molecule has 0 fully saturated rings. The second kappa shape index (κ2) is 9.46. The highest BCUT2D eigenvalue weighted by Crippen LogP contribution is 2.22. The van der Waals surface area contributed by atoms with E-state index in [2.05, 4.69) is 10.6 Å². The van der Waals surface area contributed by atoms with Gasteiger partial charge in [0, 0.05) is 29.4 Å². The number of para-hydroxylation sites is 1. The van der Waals surface area contributed by atoms with Gasteiger partial charge in [-0.2, -0.15) is 0 Å². The number of benzene rings is 3. The minimum absolute atomic E-state index is 0.0830. The van der Waals surface area contributed by atoms with E-state index in [0.29, 0.717) is 22.5 Å². The van der Waals surface area contributed by atoms with E-state index in [1.807, 2.05) is 26.8 Å². The third kappa shape index (κ3) is 5.98. The van der Waals surface area contributed by atoms with Crippen LogP contribution in [0.15, 0.2) is 83.8 Å². The normalized spacial score (nSPS) is 11.5. The molecule has 0 aliphatic rings. The van der Waals surface area contributed by atoms with Crippen molar-refractivity contribution in [2.75, 3.05) is 16.7 Å². The fraction of sp³-hybridized carbons (Fsp3) is 0.200. The summed E-state index contributed by atoms with van der Waals surface area (Å²) in [6.07, 6.45) is 0. The molecule has 0 unspecified atom stereocenters. The molecule has 3 rings (SSSR count). The van der Waals surface area contributed by atoms with Crippen molar-refractivity contribution in [2.24, 2.45) is 0 Å². The number of rotatable bonds is 6. The molecule has 0 aromatic heterocycles. The van der Waals surface area contributed by atoms with Crippen molar-refractivity contribution in [3.63, 3.8) is 0 Å². The average Bonchev–Trinajstić information content (AvgIpc) is 2.78. The highest BCUT2D eigenvalue weighted by molar-refractivity contribution is 7.92. The van der Waals surface area contributed by atoms with Crippen molar-refractivity contribution in [3.05, 3.63) is 90.0 Å². The maximum absolute atomic E-state index is 12.9. The smallest absolute Gasteiger partial charge is 0.264 e. The van der Waals surface area contributed by atoms with Gasteiger partial charge >= 0.3 is 0 Å². The van der Waals surface area contributed by atoms with Crippen LogP contribution in [0.4, 0.5) is 11.4 Å². The minimum atomic E-state index is -3.76. The summed E-state index contributed by atoms with van der Waals surface area (Å²) >= 11 is 0. The van der Waals surface area contributed by atoms with E-state index in [4.69, 9.17) is 0 Å². The Bertz CT molecular complexity index is 1230. The van der Waals surface area contributed by atoms with E-state index < -0.39 is 10.0 Å². The van der Waals surface area contributed by atoms with Gasteiger partial charge in [0.15, 0.2) is 0 Å². The van der Waals surface area contributed by atoms with Crippen molar-refractivity contribution in [1.29, 1.82) is 0 Å². The molecule has 2 N–H and O–H groups in total.